The molecule has 0 aromatic carbocycles. The number of thiophene rings is 1. The third-order valence-corrected chi connectivity index (χ3v) is 5.25. The average Bonchev–Trinajstić information content (AvgIpc) is 2.98. The van der Waals surface area contributed by atoms with Gasteiger partial charge in [0.1, 0.15) is 0 Å². The summed E-state index contributed by atoms with van der Waals surface area (Å²) in [6.07, 6.45) is 3.88. The van der Waals surface area contributed by atoms with Crippen LogP contribution < -0.4 is 5.32 Å². The van der Waals surface area contributed by atoms with Gasteiger partial charge in [0.25, 0.3) is 0 Å². The molecule has 19 heavy (non-hydrogen) atoms. The van der Waals surface area contributed by atoms with Crippen LogP contribution in [0.3, 0.4) is 0 Å². The van der Waals surface area contributed by atoms with E-state index in [1.54, 1.807) is 11.3 Å². The van der Waals surface area contributed by atoms with Crippen LogP contribution in [-0.2, 0) is 11.2 Å². The van der Waals surface area contributed by atoms with E-state index in [2.05, 4.69) is 29.8 Å². The highest BCUT2D eigenvalue weighted by molar-refractivity contribution is 7.09. The molecular formula is C15H24N2OS. The summed E-state index contributed by atoms with van der Waals surface area (Å²) in [6, 6.07) is 4.21. The normalized spacial score (nSPS) is 18.2. The number of hydrogen-bond acceptors (Lipinski definition) is 3. The van der Waals surface area contributed by atoms with Crippen molar-refractivity contribution < 1.29 is 4.79 Å². The van der Waals surface area contributed by atoms with Gasteiger partial charge in [-0.3, -0.25) is 4.79 Å². The number of carbonyl (C=O) groups is 1. The number of nitrogens with one attached hydrogen (secondary N) is 1. The molecule has 0 aliphatic carbocycles. The van der Waals surface area contributed by atoms with Crippen molar-refractivity contribution in [2.45, 2.75) is 32.6 Å². The van der Waals surface area contributed by atoms with E-state index in [0.29, 0.717) is 5.91 Å². The highest BCUT2D eigenvalue weighted by atomic mass is 32.1. The predicted molar refractivity (Wildman–Crippen MR) is 80.5 cm³/mol. The van der Waals surface area contributed by atoms with Crippen LogP contribution in [0.15, 0.2) is 17.5 Å². The maximum atomic E-state index is 12.7. The molecule has 1 amide bonds. The van der Waals surface area contributed by atoms with Gasteiger partial charge in [0.05, 0.1) is 5.41 Å². The van der Waals surface area contributed by atoms with Crippen LogP contribution >= 0.6 is 11.3 Å². The van der Waals surface area contributed by atoms with E-state index in [9.17, 15) is 4.79 Å². The molecule has 0 unspecified atom stereocenters. The lowest BCUT2D eigenvalue weighted by atomic mass is 9.75. The van der Waals surface area contributed by atoms with Crippen LogP contribution in [0.25, 0.3) is 0 Å². The second-order valence-corrected chi connectivity index (χ2v) is 6.47. The highest BCUT2D eigenvalue weighted by Crippen LogP contribution is 2.34. The Morgan fingerprint density at radius 1 is 1.47 bits per heavy atom. The zero-order valence-corrected chi connectivity index (χ0v) is 12.8. The maximum Gasteiger partial charge on any atom is 0.228 e. The molecule has 106 valence electrons. The standard InChI is InChI=1S/C15H24N2OS/c1-3-15(7-9-16-10-8-15)14(18)17(2)11-6-13-5-4-12-19-13/h4-5,12,16H,3,6-11H2,1-2H3. The van der Waals surface area contributed by atoms with Gasteiger partial charge in [0.2, 0.25) is 5.91 Å². The predicted octanol–water partition coefficient (Wildman–Crippen LogP) is 2.53. The Kier molecular flexibility index (Phi) is 4.99. The first kappa shape index (κ1) is 14.5. The van der Waals surface area contributed by atoms with Crippen LogP contribution in [0.1, 0.15) is 31.1 Å². The molecule has 1 aliphatic heterocycles. The van der Waals surface area contributed by atoms with E-state index in [1.165, 1.54) is 4.88 Å². The van der Waals surface area contributed by atoms with Crippen molar-refractivity contribution >= 4 is 17.2 Å². The smallest absolute Gasteiger partial charge is 0.228 e. The first-order valence-corrected chi connectivity index (χ1v) is 8.04. The quantitative estimate of drug-likeness (QED) is 0.899. The summed E-state index contributed by atoms with van der Waals surface area (Å²) in [5.74, 6) is 0.341. The number of likely N-dealkylation sites (N-methyl/N-ethyl adjacent to an activating group) is 1. The number of hydrogen-bond donors (Lipinski definition) is 1. The highest BCUT2D eigenvalue weighted by Gasteiger charge is 2.39. The molecule has 1 aromatic heterocycles. The molecule has 3 nitrogen and oxygen atoms in total. The van der Waals surface area contributed by atoms with Crippen LogP contribution in [0.4, 0.5) is 0 Å². The third-order valence-electron chi connectivity index (χ3n) is 4.31. The maximum absolute atomic E-state index is 12.7. The molecule has 0 atom stereocenters. The van der Waals surface area contributed by atoms with Crippen molar-refractivity contribution in [2.24, 2.45) is 5.41 Å². The molecular weight excluding hydrogens is 256 g/mol. The molecule has 0 saturated carbocycles. The molecule has 1 saturated heterocycles. The van der Waals surface area contributed by atoms with Gasteiger partial charge in [-0.15, -0.1) is 11.3 Å². The molecule has 2 heterocycles. The lowest BCUT2D eigenvalue weighted by molar-refractivity contribution is -0.142. The Morgan fingerprint density at radius 2 is 2.21 bits per heavy atom. The SMILES string of the molecule is CCC1(C(=O)N(C)CCc2cccs2)CCNCC1. The second kappa shape index (κ2) is 6.53. The largest absolute Gasteiger partial charge is 0.345 e. The summed E-state index contributed by atoms with van der Waals surface area (Å²) in [4.78, 5) is 16.0. The topological polar surface area (TPSA) is 32.3 Å². The van der Waals surface area contributed by atoms with E-state index in [1.807, 2.05) is 11.9 Å². The van der Waals surface area contributed by atoms with E-state index >= 15 is 0 Å². The summed E-state index contributed by atoms with van der Waals surface area (Å²) < 4.78 is 0. The van der Waals surface area contributed by atoms with Crippen molar-refractivity contribution in [2.75, 3.05) is 26.7 Å². The summed E-state index contributed by atoms with van der Waals surface area (Å²) >= 11 is 1.77. The van der Waals surface area contributed by atoms with Gasteiger partial charge in [-0.25, -0.2) is 0 Å². The molecule has 1 aliphatic rings. The van der Waals surface area contributed by atoms with Crippen molar-refractivity contribution in [1.29, 1.82) is 0 Å². The summed E-state index contributed by atoms with van der Waals surface area (Å²) in [5.41, 5.74) is -0.116. The molecule has 1 fully saturated rings. The third kappa shape index (κ3) is 3.37. The van der Waals surface area contributed by atoms with E-state index < -0.39 is 0 Å². The van der Waals surface area contributed by atoms with Crippen molar-refractivity contribution in [3.8, 4) is 0 Å². The zero-order valence-electron chi connectivity index (χ0n) is 11.9. The first-order valence-electron chi connectivity index (χ1n) is 7.16. The first-order chi connectivity index (χ1) is 9.18. The lowest BCUT2D eigenvalue weighted by Crippen LogP contribution is -2.48. The van der Waals surface area contributed by atoms with Crippen molar-refractivity contribution in [1.82, 2.24) is 10.2 Å². The van der Waals surface area contributed by atoms with Gasteiger partial charge in [-0.1, -0.05) is 13.0 Å². The number of rotatable bonds is 5. The summed E-state index contributed by atoms with van der Waals surface area (Å²) in [7, 11) is 1.95. The Hall–Kier alpha value is -0.870. The van der Waals surface area contributed by atoms with Gasteiger partial charge in [-0.05, 0) is 50.2 Å². The van der Waals surface area contributed by atoms with E-state index in [4.69, 9.17) is 0 Å². The van der Waals surface area contributed by atoms with Gasteiger partial charge >= 0.3 is 0 Å². The fourth-order valence-corrected chi connectivity index (χ4v) is 3.56. The molecule has 4 heteroatoms. The monoisotopic (exact) mass is 280 g/mol. The fraction of sp³-hybridized carbons (Fsp3) is 0.667. The Labute approximate surface area is 120 Å². The van der Waals surface area contributed by atoms with Crippen LogP contribution in [0, 0.1) is 5.41 Å². The van der Waals surface area contributed by atoms with Gasteiger partial charge in [0.15, 0.2) is 0 Å². The minimum Gasteiger partial charge on any atom is -0.345 e. The van der Waals surface area contributed by atoms with E-state index in [-0.39, 0.29) is 5.41 Å². The van der Waals surface area contributed by atoms with Crippen LogP contribution in [0.2, 0.25) is 0 Å². The minimum atomic E-state index is -0.116. The van der Waals surface area contributed by atoms with Gasteiger partial charge in [-0.2, -0.15) is 0 Å². The van der Waals surface area contributed by atoms with Crippen molar-refractivity contribution in [3.05, 3.63) is 22.4 Å². The fourth-order valence-electron chi connectivity index (χ4n) is 2.86. The molecule has 1 aromatic rings. The Morgan fingerprint density at radius 3 is 2.79 bits per heavy atom. The number of nitrogens with zero attached hydrogens (tertiary/aromatic N) is 1. The molecule has 2 rings (SSSR count). The number of amides is 1. The second-order valence-electron chi connectivity index (χ2n) is 5.44. The molecule has 0 bridgehead atoms. The van der Waals surface area contributed by atoms with E-state index in [0.717, 1.165) is 45.3 Å². The zero-order chi connectivity index (χ0) is 13.7. The lowest BCUT2D eigenvalue weighted by Gasteiger charge is -2.38. The average molecular weight is 280 g/mol. The van der Waals surface area contributed by atoms with Crippen LogP contribution in [-0.4, -0.2) is 37.5 Å². The number of carbonyl (C=O) groups excluding carboxylic acids is 1. The van der Waals surface area contributed by atoms with Gasteiger partial charge in [0, 0.05) is 18.5 Å². The Balaban J connectivity index is 1.93. The number of piperidine rings is 1. The molecule has 1 N–H and O–H groups in total. The minimum absolute atomic E-state index is 0.116. The summed E-state index contributed by atoms with van der Waals surface area (Å²) in [6.45, 7) is 4.92. The Bertz CT molecular complexity index is 396. The van der Waals surface area contributed by atoms with Crippen molar-refractivity contribution in [3.63, 3.8) is 0 Å². The summed E-state index contributed by atoms with van der Waals surface area (Å²) in [5, 5.41) is 5.45. The molecule has 0 spiro atoms. The molecule has 0 radical (unpaired) electrons. The van der Waals surface area contributed by atoms with Gasteiger partial charge < -0.3 is 10.2 Å². The van der Waals surface area contributed by atoms with Crippen LogP contribution in [0.5, 0.6) is 0 Å².